The van der Waals surface area contributed by atoms with Crippen molar-refractivity contribution in [3.63, 3.8) is 0 Å². The van der Waals surface area contributed by atoms with Crippen molar-refractivity contribution < 1.29 is 9.53 Å². The fraction of sp³-hybridized carbons (Fsp3) is 0.417. The normalized spacial score (nSPS) is 12.2. The van der Waals surface area contributed by atoms with Crippen LogP contribution in [0.15, 0.2) is 24.3 Å². The minimum Gasteiger partial charge on any atom is -0.462 e. The molecule has 0 saturated heterocycles. The highest BCUT2D eigenvalue weighted by Gasteiger charge is 2.07. The predicted molar refractivity (Wildman–Crippen MR) is 59.8 cm³/mol. The molecule has 3 nitrogen and oxygen atoms in total. The summed E-state index contributed by atoms with van der Waals surface area (Å²) >= 11 is 0. The summed E-state index contributed by atoms with van der Waals surface area (Å²) in [4.78, 5) is 11.4. The number of carbonyl (C=O) groups is 1. The van der Waals surface area contributed by atoms with Gasteiger partial charge in [0.05, 0.1) is 12.2 Å². The van der Waals surface area contributed by atoms with Crippen molar-refractivity contribution in [1.82, 2.24) is 0 Å². The molecule has 15 heavy (non-hydrogen) atoms. The van der Waals surface area contributed by atoms with Crippen molar-refractivity contribution in [3.05, 3.63) is 35.4 Å². The van der Waals surface area contributed by atoms with E-state index >= 15 is 0 Å². The molecule has 2 N–H and O–H groups in total. The molecule has 0 aliphatic rings. The van der Waals surface area contributed by atoms with Gasteiger partial charge in [-0.15, -0.1) is 0 Å². The number of hydrogen-bond acceptors (Lipinski definition) is 3. The molecule has 0 unspecified atom stereocenters. The Morgan fingerprint density at radius 3 is 2.87 bits per heavy atom. The van der Waals surface area contributed by atoms with E-state index in [1.807, 2.05) is 25.1 Å². The van der Waals surface area contributed by atoms with E-state index in [0.29, 0.717) is 12.2 Å². The van der Waals surface area contributed by atoms with Gasteiger partial charge in [0.25, 0.3) is 0 Å². The van der Waals surface area contributed by atoms with Crippen LogP contribution in [0.25, 0.3) is 0 Å². The summed E-state index contributed by atoms with van der Waals surface area (Å²) in [5.74, 6) is -0.274. The maximum Gasteiger partial charge on any atom is 0.338 e. The number of esters is 1. The smallest absolute Gasteiger partial charge is 0.338 e. The van der Waals surface area contributed by atoms with Crippen LogP contribution in [0.3, 0.4) is 0 Å². The van der Waals surface area contributed by atoms with E-state index in [0.717, 1.165) is 12.0 Å². The summed E-state index contributed by atoms with van der Waals surface area (Å²) in [6.45, 7) is 4.14. The second-order valence-corrected chi connectivity index (χ2v) is 3.60. The average molecular weight is 207 g/mol. The molecule has 82 valence electrons. The van der Waals surface area contributed by atoms with Crippen LogP contribution in [-0.4, -0.2) is 18.6 Å². The first-order valence-electron chi connectivity index (χ1n) is 5.15. The van der Waals surface area contributed by atoms with Crippen molar-refractivity contribution in [2.45, 2.75) is 26.3 Å². The fourth-order valence-electron chi connectivity index (χ4n) is 1.41. The van der Waals surface area contributed by atoms with Gasteiger partial charge in [-0.05, 0) is 38.0 Å². The molecular weight excluding hydrogens is 190 g/mol. The maximum atomic E-state index is 11.4. The summed E-state index contributed by atoms with van der Waals surface area (Å²) in [6, 6.07) is 7.50. The third-order valence-electron chi connectivity index (χ3n) is 2.00. The lowest BCUT2D eigenvalue weighted by Gasteiger charge is -2.07. The standard InChI is InChI=1S/C12H17NO2/c1-3-15-12(14)11-6-4-5-10(8-11)7-9(2)13/h4-6,8-9H,3,7,13H2,1-2H3/t9-/m1/s1. The van der Waals surface area contributed by atoms with Gasteiger partial charge in [-0.25, -0.2) is 4.79 Å². The SMILES string of the molecule is CCOC(=O)c1cccc(C[C@@H](C)N)c1. The van der Waals surface area contributed by atoms with E-state index in [9.17, 15) is 4.79 Å². The Labute approximate surface area is 90.2 Å². The Morgan fingerprint density at radius 1 is 1.53 bits per heavy atom. The van der Waals surface area contributed by atoms with E-state index < -0.39 is 0 Å². The molecule has 3 heteroatoms. The first kappa shape index (κ1) is 11.7. The minimum atomic E-state index is -0.274. The molecule has 0 saturated carbocycles. The molecule has 0 bridgehead atoms. The molecule has 1 aromatic rings. The van der Waals surface area contributed by atoms with Gasteiger partial charge >= 0.3 is 5.97 Å². The number of benzene rings is 1. The second-order valence-electron chi connectivity index (χ2n) is 3.60. The van der Waals surface area contributed by atoms with E-state index in [-0.39, 0.29) is 12.0 Å². The highest BCUT2D eigenvalue weighted by Crippen LogP contribution is 2.08. The lowest BCUT2D eigenvalue weighted by atomic mass is 10.0. The summed E-state index contributed by atoms with van der Waals surface area (Å²) in [7, 11) is 0. The van der Waals surface area contributed by atoms with Crippen LogP contribution in [0, 0.1) is 0 Å². The van der Waals surface area contributed by atoms with Gasteiger partial charge in [0.1, 0.15) is 0 Å². The summed E-state index contributed by atoms with van der Waals surface area (Å²) in [5, 5.41) is 0. The van der Waals surface area contributed by atoms with Crippen LogP contribution in [-0.2, 0) is 11.2 Å². The van der Waals surface area contributed by atoms with Gasteiger partial charge < -0.3 is 10.5 Å². The lowest BCUT2D eigenvalue weighted by Crippen LogP contribution is -2.18. The van der Waals surface area contributed by atoms with Gasteiger partial charge in [0, 0.05) is 6.04 Å². The fourth-order valence-corrected chi connectivity index (χ4v) is 1.41. The van der Waals surface area contributed by atoms with Crippen molar-refractivity contribution in [2.24, 2.45) is 5.73 Å². The molecule has 0 fully saturated rings. The van der Waals surface area contributed by atoms with Crippen LogP contribution >= 0.6 is 0 Å². The number of hydrogen-bond donors (Lipinski definition) is 1. The van der Waals surface area contributed by atoms with E-state index in [2.05, 4.69) is 0 Å². The van der Waals surface area contributed by atoms with Crippen LogP contribution in [0.1, 0.15) is 29.8 Å². The molecule has 0 aliphatic carbocycles. The van der Waals surface area contributed by atoms with Crippen LogP contribution in [0.5, 0.6) is 0 Å². The van der Waals surface area contributed by atoms with Gasteiger partial charge in [0.15, 0.2) is 0 Å². The van der Waals surface area contributed by atoms with Crippen molar-refractivity contribution in [2.75, 3.05) is 6.61 Å². The van der Waals surface area contributed by atoms with Gasteiger partial charge in [0.2, 0.25) is 0 Å². The average Bonchev–Trinajstić information content (AvgIpc) is 2.17. The second kappa shape index (κ2) is 5.51. The highest BCUT2D eigenvalue weighted by molar-refractivity contribution is 5.89. The summed E-state index contributed by atoms with van der Waals surface area (Å²) < 4.78 is 4.92. The predicted octanol–water partition coefficient (Wildman–Crippen LogP) is 1.75. The molecule has 0 heterocycles. The zero-order valence-electron chi connectivity index (χ0n) is 9.19. The zero-order chi connectivity index (χ0) is 11.3. The number of carbonyl (C=O) groups excluding carboxylic acids is 1. The first-order chi connectivity index (χ1) is 7.13. The monoisotopic (exact) mass is 207 g/mol. The minimum absolute atomic E-state index is 0.0995. The maximum absolute atomic E-state index is 11.4. The van der Waals surface area contributed by atoms with Crippen molar-refractivity contribution in [3.8, 4) is 0 Å². The molecule has 0 spiro atoms. The van der Waals surface area contributed by atoms with E-state index in [1.165, 1.54) is 0 Å². The van der Waals surface area contributed by atoms with Gasteiger partial charge in [-0.2, -0.15) is 0 Å². The molecule has 0 aliphatic heterocycles. The third-order valence-corrected chi connectivity index (χ3v) is 2.00. The summed E-state index contributed by atoms with van der Waals surface area (Å²) in [6.07, 6.45) is 0.771. The Morgan fingerprint density at radius 2 is 2.27 bits per heavy atom. The molecule has 0 radical (unpaired) electrons. The Bertz CT molecular complexity index is 334. The van der Waals surface area contributed by atoms with E-state index in [4.69, 9.17) is 10.5 Å². The Balaban J connectivity index is 2.78. The molecule has 1 aromatic carbocycles. The van der Waals surface area contributed by atoms with E-state index in [1.54, 1.807) is 13.0 Å². The van der Waals surface area contributed by atoms with Crippen LogP contribution in [0.4, 0.5) is 0 Å². The quantitative estimate of drug-likeness (QED) is 0.765. The lowest BCUT2D eigenvalue weighted by molar-refractivity contribution is 0.0526. The van der Waals surface area contributed by atoms with Crippen LogP contribution in [0.2, 0.25) is 0 Å². The number of ether oxygens (including phenoxy) is 1. The Hall–Kier alpha value is -1.35. The summed E-state index contributed by atoms with van der Waals surface area (Å²) in [5.41, 5.74) is 7.35. The highest BCUT2D eigenvalue weighted by atomic mass is 16.5. The number of rotatable bonds is 4. The van der Waals surface area contributed by atoms with Crippen LogP contribution < -0.4 is 5.73 Å². The van der Waals surface area contributed by atoms with Gasteiger partial charge in [-0.3, -0.25) is 0 Å². The first-order valence-corrected chi connectivity index (χ1v) is 5.15. The molecular formula is C12H17NO2. The topological polar surface area (TPSA) is 52.3 Å². The van der Waals surface area contributed by atoms with Crippen molar-refractivity contribution in [1.29, 1.82) is 0 Å². The molecule has 0 amide bonds. The number of nitrogens with two attached hydrogens (primary N) is 1. The van der Waals surface area contributed by atoms with Gasteiger partial charge in [-0.1, -0.05) is 12.1 Å². The molecule has 0 aromatic heterocycles. The van der Waals surface area contributed by atoms with Crippen molar-refractivity contribution >= 4 is 5.97 Å². The Kier molecular flexibility index (Phi) is 4.31. The third kappa shape index (κ3) is 3.72. The molecule has 1 rings (SSSR count). The molecule has 1 atom stereocenters. The largest absolute Gasteiger partial charge is 0.462 e. The zero-order valence-corrected chi connectivity index (χ0v) is 9.19.